The molecule has 1 fully saturated rings. The highest BCUT2D eigenvalue weighted by molar-refractivity contribution is 6.04. The lowest BCUT2D eigenvalue weighted by Crippen LogP contribution is -2.42. The maximum Gasteiger partial charge on any atom is 0.308 e. The molecule has 2 aromatic rings. The summed E-state index contributed by atoms with van der Waals surface area (Å²) in [6, 6.07) is 15.1. The van der Waals surface area contributed by atoms with Crippen LogP contribution >= 0.6 is 0 Å². The second-order valence-electron chi connectivity index (χ2n) is 7.06. The Morgan fingerprint density at radius 2 is 1.43 bits per heavy atom. The molecule has 2 aromatic carbocycles. The van der Waals surface area contributed by atoms with Crippen molar-refractivity contribution in [1.82, 2.24) is 5.32 Å². The van der Waals surface area contributed by atoms with Gasteiger partial charge in [-0.15, -0.1) is 0 Å². The number of carbonyl (C=O) groups excluding carboxylic acids is 2. The van der Waals surface area contributed by atoms with Gasteiger partial charge in [-0.05, 0) is 49.2 Å². The molecule has 6 heteroatoms. The molecule has 3 N–H and O–H groups in total. The zero-order valence-electron chi connectivity index (χ0n) is 15.6. The number of rotatable bonds is 5. The van der Waals surface area contributed by atoms with Crippen LogP contribution in [0.3, 0.4) is 0 Å². The lowest BCUT2D eigenvalue weighted by atomic mass is 9.94. The van der Waals surface area contributed by atoms with Crippen molar-refractivity contribution in [1.29, 1.82) is 0 Å². The summed E-state index contributed by atoms with van der Waals surface area (Å²) in [4.78, 5) is 36.2. The van der Waals surface area contributed by atoms with Crippen molar-refractivity contribution in [3.05, 3.63) is 65.7 Å². The van der Waals surface area contributed by atoms with E-state index in [4.69, 9.17) is 0 Å². The van der Waals surface area contributed by atoms with E-state index in [0.717, 1.165) is 19.3 Å². The first-order chi connectivity index (χ1) is 13.5. The van der Waals surface area contributed by atoms with Crippen molar-refractivity contribution >= 4 is 23.5 Å². The SMILES string of the molecule is O=C(Nc1ccc(C(=O)N[C@H]2CCCCC[C@H]2C(=O)O)cc1)c1ccccc1. The first kappa shape index (κ1) is 19.6. The number of nitrogens with one attached hydrogen (secondary N) is 2. The Bertz CT molecular complexity index is 833. The summed E-state index contributed by atoms with van der Waals surface area (Å²) in [5.74, 6) is -1.92. The van der Waals surface area contributed by atoms with Gasteiger partial charge >= 0.3 is 5.97 Å². The van der Waals surface area contributed by atoms with Gasteiger partial charge in [-0.3, -0.25) is 14.4 Å². The minimum Gasteiger partial charge on any atom is -0.481 e. The zero-order chi connectivity index (χ0) is 19.9. The van der Waals surface area contributed by atoms with Crippen LogP contribution < -0.4 is 10.6 Å². The number of anilines is 1. The van der Waals surface area contributed by atoms with Crippen LogP contribution in [0, 0.1) is 5.92 Å². The summed E-state index contributed by atoms with van der Waals surface area (Å²) in [5, 5.41) is 15.1. The molecule has 0 bridgehead atoms. The first-order valence-corrected chi connectivity index (χ1v) is 9.55. The lowest BCUT2D eigenvalue weighted by molar-refractivity contribution is -0.142. The molecule has 0 unspecified atom stereocenters. The minimum atomic E-state index is -0.855. The number of carboxylic acid groups (broad SMARTS) is 1. The summed E-state index contributed by atoms with van der Waals surface area (Å²) in [5.41, 5.74) is 1.58. The van der Waals surface area contributed by atoms with E-state index in [9.17, 15) is 19.5 Å². The van der Waals surface area contributed by atoms with E-state index >= 15 is 0 Å². The van der Waals surface area contributed by atoms with Crippen LogP contribution in [0.4, 0.5) is 5.69 Å². The second kappa shape index (κ2) is 9.17. The topological polar surface area (TPSA) is 95.5 Å². The minimum absolute atomic E-state index is 0.222. The molecular formula is C22H24N2O4. The molecule has 1 aliphatic carbocycles. The molecule has 3 rings (SSSR count). The van der Waals surface area contributed by atoms with Crippen LogP contribution in [0.5, 0.6) is 0 Å². The normalized spacial score (nSPS) is 19.3. The Kier molecular flexibility index (Phi) is 6.42. The summed E-state index contributed by atoms with van der Waals surface area (Å²) in [6.45, 7) is 0. The number of aliphatic carboxylic acids is 1. The Morgan fingerprint density at radius 3 is 2.11 bits per heavy atom. The molecular weight excluding hydrogens is 356 g/mol. The van der Waals surface area contributed by atoms with E-state index in [1.54, 1.807) is 48.5 Å². The standard InChI is InChI=1S/C22H24N2O4/c25-20(15-7-3-1-4-8-15)23-17-13-11-16(12-14-17)21(26)24-19-10-6-2-5-9-18(19)22(27)28/h1,3-4,7-8,11-14,18-19H,2,5-6,9-10H2,(H,23,25)(H,24,26)(H,27,28)/t18-,19+/m1/s1. The van der Waals surface area contributed by atoms with E-state index < -0.39 is 11.9 Å². The molecule has 2 amide bonds. The Morgan fingerprint density at radius 1 is 0.786 bits per heavy atom. The number of hydrogen-bond acceptors (Lipinski definition) is 3. The van der Waals surface area contributed by atoms with E-state index in [0.29, 0.717) is 29.7 Å². The maximum atomic E-state index is 12.6. The lowest BCUT2D eigenvalue weighted by Gasteiger charge is -2.23. The molecule has 146 valence electrons. The summed E-state index contributed by atoms with van der Waals surface area (Å²) in [7, 11) is 0. The van der Waals surface area contributed by atoms with Gasteiger partial charge in [0.05, 0.1) is 5.92 Å². The van der Waals surface area contributed by atoms with Crippen molar-refractivity contribution in [2.75, 3.05) is 5.32 Å². The number of hydrogen-bond donors (Lipinski definition) is 3. The Balaban J connectivity index is 1.63. The van der Waals surface area contributed by atoms with Gasteiger partial charge in [0.2, 0.25) is 0 Å². The molecule has 0 saturated heterocycles. The molecule has 1 aliphatic rings. The van der Waals surface area contributed by atoms with Gasteiger partial charge in [-0.2, -0.15) is 0 Å². The smallest absolute Gasteiger partial charge is 0.308 e. The maximum absolute atomic E-state index is 12.6. The van der Waals surface area contributed by atoms with E-state index in [1.165, 1.54) is 0 Å². The van der Waals surface area contributed by atoms with Gasteiger partial charge in [-0.25, -0.2) is 0 Å². The Hall–Kier alpha value is -3.15. The third-order valence-electron chi connectivity index (χ3n) is 5.09. The molecule has 28 heavy (non-hydrogen) atoms. The summed E-state index contributed by atoms with van der Waals surface area (Å²) in [6.07, 6.45) is 4.04. The van der Waals surface area contributed by atoms with E-state index in [-0.39, 0.29) is 17.9 Å². The van der Waals surface area contributed by atoms with Gasteiger partial charge < -0.3 is 15.7 Å². The van der Waals surface area contributed by atoms with Gasteiger partial charge in [0.1, 0.15) is 0 Å². The summed E-state index contributed by atoms with van der Waals surface area (Å²) < 4.78 is 0. The fourth-order valence-corrected chi connectivity index (χ4v) is 3.53. The third kappa shape index (κ3) is 4.97. The molecule has 2 atom stereocenters. The fourth-order valence-electron chi connectivity index (χ4n) is 3.53. The second-order valence-corrected chi connectivity index (χ2v) is 7.06. The third-order valence-corrected chi connectivity index (χ3v) is 5.09. The van der Waals surface area contributed by atoms with Crippen molar-refractivity contribution < 1.29 is 19.5 Å². The molecule has 6 nitrogen and oxygen atoms in total. The number of benzene rings is 2. The molecule has 0 spiro atoms. The number of carbonyl (C=O) groups is 3. The van der Waals surface area contributed by atoms with Crippen molar-refractivity contribution in [3.8, 4) is 0 Å². The average molecular weight is 380 g/mol. The first-order valence-electron chi connectivity index (χ1n) is 9.55. The van der Waals surface area contributed by atoms with Crippen LogP contribution in [0.25, 0.3) is 0 Å². The number of carboxylic acids is 1. The largest absolute Gasteiger partial charge is 0.481 e. The van der Waals surface area contributed by atoms with Crippen LogP contribution in [0.15, 0.2) is 54.6 Å². The molecule has 0 aliphatic heterocycles. The van der Waals surface area contributed by atoms with Crippen LogP contribution in [-0.2, 0) is 4.79 Å². The van der Waals surface area contributed by atoms with Crippen molar-refractivity contribution in [2.45, 2.75) is 38.1 Å². The summed E-state index contributed by atoms with van der Waals surface area (Å²) >= 11 is 0. The highest BCUT2D eigenvalue weighted by atomic mass is 16.4. The van der Waals surface area contributed by atoms with Crippen LogP contribution in [-0.4, -0.2) is 28.9 Å². The zero-order valence-corrected chi connectivity index (χ0v) is 15.6. The predicted molar refractivity (Wildman–Crippen MR) is 106 cm³/mol. The highest BCUT2D eigenvalue weighted by Crippen LogP contribution is 2.24. The molecule has 0 aromatic heterocycles. The molecule has 0 heterocycles. The Labute approximate surface area is 164 Å². The van der Waals surface area contributed by atoms with Crippen molar-refractivity contribution in [3.63, 3.8) is 0 Å². The van der Waals surface area contributed by atoms with Gasteiger partial charge in [0.25, 0.3) is 11.8 Å². The van der Waals surface area contributed by atoms with Gasteiger partial charge in [0, 0.05) is 22.9 Å². The highest BCUT2D eigenvalue weighted by Gasteiger charge is 2.30. The molecule has 0 radical (unpaired) electrons. The van der Waals surface area contributed by atoms with Crippen LogP contribution in [0.2, 0.25) is 0 Å². The predicted octanol–water partition coefficient (Wildman–Crippen LogP) is 3.70. The van der Waals surface area contributed by atoms with E-state index in [2.05, 4.69) is 10.6 Å². The van der Waals surface area contributed by atoms with Gasteiger partial charge in [-0.1, -0.05) is 37.5 Å². The average Bonchev–Trinajstić information content (AvgIpc) is 2.94. The fraction of sp³-hybridized carbons (Fsp3) is 0.318. The monoisotopic (exact) mass is 380 g/mol. The van der Waals surface area contributed by atoms with Gasteiger partial charge in [0.15, 0.2) is 0 Å². The molecule has 1 saturated carbocycles. The van der Waals surface area contributed by atoms with Crippen LogP contribution in [0.1, 0.15) is 52.8 Å². The number of amides is 2. The van der Waals surface area contributed by atoms with Crippen molar-refractivity contribution in [2.24, 2.45) is 5.92 Å². The quantitative estimate of drug-likeness (QED) is 0.689. The van der Waals surface area contributed by atoms with E-state index in [1.807, 2.05) is 6.07 Å².